The third-order valence-corrected chi connectivity index (χ3v) is 4.36. The highest BCUT2D eigenvalue weighted by molar-refractivity contribution is 7.21. The summed E-state index contributed by atoms with van der Waals surface area (Å²) in [6, 6.07) is 1.78. The zero-order chi connectivity index (χ0) is 13.4. The van der Waals surface area contributed by atoms with Gasteiger partial charge in [0.05, 0.1) is 16.8 Å². The smallest absolute Gasteiger partial charge is 0.305 e. The van der Waals surface area contributed by atoms with E-state index in [-0.39, 0.29) is 18.9 Å². The van der Waals surface area contributed by atoms with Gasteiger partial charge < -0.3 is 10.4 Å². The number of hydrogen-bond acceptors (Lipinski definition) is 5. The number of rotatable bonds is 4. The van der Waals surface area contributed by atoms with Gasteiger partial charge in [-0.25, -0.2) is 4.98 Å². The van der Waals surface area contributed by atoms with E-state index in [1.165, 1.54) is 11.3 Å². The molecule has 0 radical (unpaired) electrons. The molecule has 0 saturated heterocycles. The third kappa shape index (κ3) is 2.20. The van der Waals surface area contributed by atoms with Crippen molar-refractivity contribution >= 4 is 49.9 Å². The van der Waals surface area contributed by atoms with Gasteiger partial charge in [0.15, 0.2) is 4.96 Å². The predicted octanol–water partition coefficient (Wildman–Crippen LogP) is 1.81. The van der Waals surface area contributed by atoms with Gasteiger partial charge in [0.25, 0.3) is 5.91 Å². The van der Waals surface area contributed by atoms with E-state index in [1.54, 1.807) is 17.4 Å². The maximum Gasteiger partial charge on any atom is 0.305 e. The summed E-state index contributed by atoms with van der Waals surface area (Å²) in [6.07, 6.45) is 1.83. The standard InChI is InChI=1S/C11H9N3O3S2/c15-8(16)1-2-12-9(17)7-5-6-10(19-7)13-11-14(6)3-4-18-11/h3-5H,1-2H2,(H,12,17)(H,15,16). The molecule has 0 aliphatic heterocycles. The van der Waals surface area contributed by atoms with Crippen molar-refractivity contribution in [2.45, 2.75) is 6.42 Å². The summed E-state index contributed by atoms with van der Waals surface area (Å²) in [4.78, 5) is 28.9. The van der Waals surface area contributed by atoms with E-state index in [2.05, 4.69) is 10.3 Å². The highest BCUT2D eigenvalue weighted by Gasteiger charge is 2.14. The van der Waals surface area contributed by atoms with Gasteiger partial charge >= 0.3 is 5.97 Å². The molecule has 3 heterocycles. The van der Waals surface area contributed by atoms with Gasteiger partial charge in [0.2, 0.25) is 0 Å². The molecule has 0 aromatic carbocycles. The average Bonchev–Trinajstić information content (AvgIpc) is 2.98. The van der Waals surface area contributed by atoms with Crippen LogP contribution in [0.3, 0.4) is 0 Å². The molecule has 0 aliphatic rings. The van der Waals surface area contributed by atoms with Crippen LogP contribution >= 0.6 is 22.7 Å². The van der Waals surface area contributed by atoms with Crippen LogP contribution < -0.4 is 5.32 Å². The Labute approximate surface area is 115 Å². The molecule has 1 amide bonds. The highest BCUT2D eigenvalue weighted by Crippen LogP contribution is 2.28. The number of fused-ring (bicyclic) bond motifs is 3. The number of carbonyl (C=O) groups excluding carboxylic acids is 1. The van der Waals surface area contributed by atoms with Gasteiger partial charge in [0.1, 0.15) is 4.83 Å². The fourth-order valence-electron chi connectivity index (χ4n) is 1.73. The topological polar surface area (TPSA) is 83.7 Å². The van der Waals surface area contributed by atoms with Crippen LogP contribution in [-0.4, -0.2) is 32.9 Å². The first-order valence-corrected chi connectivity index (χ1v) is 7.20. The van der Waals surface area contributed by atoms with Crippen molar-refractivity contribution in [3.8, 4) is 0 Å². The fraction of sp³-hybridized carbons (Fsp3) is 0.182. The van der Waals surface area contributed by atoms with E-state index < -0.39 is 5.97 Å². The van der Waals surface area contributed by atoms with Crippen molar-refractivity contribution in [3.63, 3.8) is 0 Å². The molecule has 98 valence electrons. The van der Waals surface area contributed by atoms with Crippen LogP contribution in [0.2, 0.25) is 0 Å². The van der Waals surface area contributed by atoms with Gasteiger partial charge in [-0.05, 0) is 6.07 Å². The van der Waals surface area contributed by atoms with Crippen molar-refractivity contribution in [1.29, 1.82) is 0 Å². The Morgan fingerprint density at radius 3 is 3.11 bits per heavy atom. The lowest BCUT2D eigenvalue weighted by Gasteiger charge is -1.99. The Balaban J connectivity index is 1.82. The zero-order valence-electron chi connectivity index (χ0n) is 9.62. The second kappa shape index (κ2) is 4.63. The largest absolute Gasteiger partial charge is 0.481 e. The van der Waals surface area contributed by atoms with Crippen LogP contribution in [0.25, 0.3) is 15.3 Å². The summed E-state index contributed by atoms with van der Waals surface area (Å²) < 4.78 is 1.94. The van der Waals surface area contributed by atoms with Crippen molar-refractivity contribution < 1.29 is 14.7 Å². The summed E-state index contributed by atoms with van der Waals surface area (Å²) in [5.74, 6) is -1.18. The number of thiophene rings is 1. The molecule has 0 saturated carbocycles. The normalized spacial score (nSPS) is 11.2. The van der Waals surface area contributed by atoms with Crippen molar-refractivity contribution in [2.24, 2.45) is 0 Å². The number of carboxylic acid groups (broad SMARTS) is 1. The Hall–Kier alpha value is -1.93. The molecule has 3 rings (SSSR count). The third-order valence-electron chi connectivity index (χ3n) is 2.59. The molecule has 0 bridgehead atoms. The number of aromatic nitrogens is 2. The SMILES string of the molecule is O=C(O)CCNC(=O)c1cc2c(nc3sccn32)s1. The summed E-state index contributed by atoms with van der Waals surface area (Å²) >= 11 is 2.85. The first-order valence-electron chi connectivity index (χ1n) is 5.50. The molecular weight excluding hydrogens is 286 g/mol. The highest BCUT2D eigenvalue weighted by atomic mass is 32.1. The Bertz CT molecular complexity index is 771. The van der Waals surface area contributed by atoms with Gasteiger partial charge in [-0.2, -0.15) is 0 Å². The van der Waals surface area contributed by atoms with Gasteiger partial charge in [0, 0.05) is 18.1 Å². The van der Waals surface area contributed by atoms with Gasteiger partial charge in [-0.15, -0.1) is 22.7 Å². The average molecular weight is 295 g/mol. The van der Waals surface area contributed by atoms with Crippen LogP contribution in [0, 0.1) is 0 Å². The Kier molecular flexibility index (Phi) is 2.96. The van der Waals surface area contributed by atoms with Crippen molar-refractivity contribution in [2.75, 3.05) is 6.54 Å². The molecule has 19 heavy (non-hydrogen) atoms. The van der Waals surface area contributed by atoms with Crippen LogP contribution in [0.1, 0.15) is 16.1 Å². The second-order valence-electron chi connectivity index (χ2n) is 3.87. The summed E-state index contributed by atoms with van der Waals surface area (Å²) in [5.41, 5.74) is 0.907. The molecule has 0 spiro atoms. The predicted molar refractivity (Wildman–Crippen MR) is 73.0 cm³/mol. The van der Waals surface area contributed by atoms with E-state index in [4.69, 9.17) is 5.11 Å². The number of carbonyl (C=O) groups is 2. The number of nitrogens with zero attached hydrogens (tertiary/aromatic N) is 2. The van der Waals surface area contributed by atoms with Crippen LogP contribution in [-0.2, 0) is 4.79 Å². The number of amides is 1. The van der Waals surface area contributed by atoms with Crippen molar-refractivity contribution in [1.82, 2.24) is 14.7 Å². The van der Waals surface area contributed by atoms with Crippen LogP contribution in [0.15, 0.2) is 17.6 Å². The molecule has 3 aromatic heterocycles. The number of nitrogens with one attached hydrogen (secondary N) is 1. The lowest BCUT2D eigenvalue weighted by molar-refractivity contribution is -0.136. The summed E-state index contributed by atoms with van der Waals surface area (Å²) in [6.45, 7) is 0.130. The fourth-order valence-corrected chi connectivity index (χ4v) is 3.45. The lowest BCUT2D eigenvalue weighted by Crippen LogP contribution is -2.25. The maximum atomic E-state index is 11.8. The van der Waals surface area contributed by atoms with Gasteiger partial charge in [-0.1, -0.05) is 0 Å². The van der Waals surface area contributed by atoms with E-state index in [9.17, 15) is 9.59 Å². The molecule has 0 aliphatic carbocycles. The molecule has 6 nitrogen and oxygen atoms in total. The number of hydrogen-bond donors (Lipinski definition) is 2. The first-order chi connectivity index (χ1) is 9.15. The molecular formula is C11H9N3O3S2. The minimum Gasteiger partial charge on any atom is -0.481 e. The van der Waals surface area contributed by atoms with E-state index in [1.807, 2.05) is 16.0 Å². The minimum atomic E-state index is -0.928. The number of aliphatic carboxylic acids is 1. The molecule has 2 N–H and O–H groups in total. The Morgan fingerprint density at radius 1 is 1.47 bits per heavy atom. The van der Waals surface area contributed by atoms with Crippen LogP contribution in [0.5, 0.6) is 0 Å². The zero-order valence-corrected chi connectivity index (χ0v) is 11.3. The summed E-state index contributed by atoms with van der Waals surface area (Å²) in [5, 5.41) is 13.0. The second-order valence-corrected chi connectivity index (χ2v) is 5.77. The molecule has 0 unspecified atom stereocenters. The molecule has 0 atom stereocenters. The Morgan fingerprint density at radius 2 is 2.32 bits per heavy atom. The maximum absolute atomic E-state index is 11.8. The number of thiazole rings is 1. The first kappa shape index (κ1) is 12.1. The van der Waals surface area contributed by atoms with E-state index in [0.717, 1.165) is 15.3 Å². The van der Waals surface area contributed by atoms with E-state index >= 15 is 0 Å². The lowest BCUT2D eigenvalue weighted by atomic mass is 10.4. The number of carboxylic acids is 1. The van der Waals surface area contributed by atoms with Gasteiger partial charge in [-0.3, -0.25) is 14.0 Å². The molecule has 3 aromatic rings. The van der Waals surface area contributed by atoms with Crippen molar-refractivity contribution in [3.05, 3.63) is 22.5 Å². The summed E-state index contributed by atoms with van der Waals surface area (Å²) in [7, 11) is 0. The molecule has 8 heteroatoms. The van der Waals surface area contributed by atoms with E-state index in [0.29, 0.717) is 4.88 Å². The molecule has 0 fully saturated rings. The minimum absolute atomic E-state index is 0.0787. The van der Waals surface area contributed by atoms with Crippen LogP contribution in [0.4, 0.5) is 0 Å². The monoisotopic (exact) mass is 295 g/mol. The number of imidazole rings is 1. The quantitative estimate of drug-likeness (QED) is 0.769.